The highest BCUT2D eigenvalue weighted by molar-refractivity contribution is 5.60. The topological polar surface area (TPSA) is 78.6 Å². The second-order valence-corrected chi connectivity index (χ2v) is 8.39. The van der Waals surface area contributed by atoms with E-state index in [0.717, 1.165) is 6.08 Å². The normalized spacial score (nSPS) is 13.1. The summed E-state index contributed by atoms with van der Waals surface area (Å²) in [5, 5.41) is 4.58. The molecule has 2 aromatic heterocycles. The van der Waals surface area contributed by atoms with Gasteiger partial charge in [0, 0.05) is 42.0 Å². The van der Waals surface area contributed by atoms with Crippen LogP contribution in [-0.4, -0.2) is 30.1 Å². The fourth-order valence-electron chi connectivity index (χ4n) is 3.12. The van der Waals surface area contributed by atoms with E-state index in [0.29, 0.717) is 46.9 Å². The highest BCUT2D eigenvalue weighted by Crippen LogP contribution is 2.26. The van der Waals surface area contributed by atoms with E-state index >= 15 is 0 Å². The molecule has 0 aliphatic carbocycles. The number of anilines is 1. The summed E-state index contributed by atoms with van der Waals surface area (Å²) in [5.74, 6) is -0.333. The molecular formula is C25H27F3N4O2. The van der Waals surface area contributed by atoms with E-state index in [1.807, 2.05) is 13.8 Å². The summed E-state index contributed by atoms with van der Waals surface area (Å²) in [6.07, 6.45) is 7.86. The number of nitrogen functional groups attached to an aromatic ring is 1. The third-order valence-electron chi connectivity index (χ3n) is 4.98. The van der Waals surface area contributed by atoms with Crippen LogP contribution in [0.2, 0.25) is 0 Å². The molecule has 0 fully saturated rings. The maximum absolute atomic E-state index is 14.3. The number of aromatic nitrogens is 2. The molecule has 0 aliphatic rings. The molecule has 0 saturated heterocycles. The van der Waals surface area contributed by atoms with E-state index in [2.05, 4.69) is 10.1 Å². The zero-order valence-corrected chi connectivity index (χ0v) is 19.3. The van der Waals surface area contributed by atoms with Crippen molar-refractivity contribution in [3.63, 3.8) is 0 Å². The van der Waals surface area contributed by atoms with Crippen molar-refractivity contribution < 1.29 is 22.4 Å². The maximum Gasteiger partial charge on any atom is 0.157 e. The third-order valence-corrected chi connectivity index (χ3v) is 4.98. The number of allylic oxidation sites excluding steroid dienone is 3. The summed E-state index contributed by atoms with van der Waals surface area (Å²) < 4.78 is 51.6. The van der Waals surface area contributed by atoms with Crippen LogP contribution < -0.4 is 15.8 Å². The van der Waals surface area contributed by atoms with Gasteiger partial charge in [0.1, 0.15) is 29.8 Å². The van der Waals surface area contributed by atoms with Crippen LogP contribution in [0.4, 0.5) is 18.9 Å². The lowest BCUT2D eigenvalue weighted by atomic mass is 9.93. The molecule has 0 radical (unpaired) electrons. The smallest absolute Gasteiger partial charge is 0.157 e. The van der Waals surface area contributed by atoms with Gasteiger partial charge in [0.25, 0.3) is 0 Å². The highest BCUT2D eigenvalue weighted by atomic mass is 19.2. The molecule has 180 valence electrons. The molecule has 2 N–H and O–H groups in total. The first-order valence-electron chi connectivity index (χ1n) is 10.6. The van der Waals surface area contributed by atoms with Gasteiger partial charge in [-0.15, -0.1) is 0 Å². The van der Waals surface area contributed by atoms with Crippen LogP contribution in [0.5, 0.6) is 5.75 Å². The number of benzene rings is 1. The van der Waals surface area contributed by atoms with Gasteiger partial charge in [-0.1, -0.05) is 31.2 Å². The van der Waals surface area contributed by atoms with Crippen LogP contribution in [0.25, 0.3) is 11.3 Å². The first-order valence-corrected chi connectivity index (χ1v) is 10.6. The molecule has 0 unspecified atom stereocenters. The van der Waals surface area contributed by atoms with Gasteiger partial charge in [0.2, 0.25) is 0 Å². The summed E-state index contributed by atoms with van der Waals surface area (Å²) in [7, 11) is 1.47. The zero-order chi connectivity index (χ0) is 24.7. The standard InChI is InChI=1S/C25H27F3N4O2/c1-25(2,9-4-5-17(27)13-26)16-30-23-8-10-32(15-22(23)29)14-19-12-24(31-34-19)20-7-6-18(33-3)11-21(20)28/h4-12,15H,13-14,16,29H2,1-3H3/b9-4-,17-5+,30-23?. The SMILES string of the molecule is COc1ccc(-c2cc(Cn3ccc(=NCC(C)(C)/C=C\C=C(\F)CF)c(N)c3)on2)c(F)c1. The van der Waals surface area contributed by atoms with E-state index in [-0.39, 0.29) is 5.41 Å². The quantitative estimate of drug-likeness (QED) is 0.433. The van der Waals surface area contributed by atoms with E-state index in [4.69, 9.17) is 15.0 Å². The molecule has 34 heavy (non-hydrogen) atoms. The van der Waals surface area contributed by atoms with E-state index in [9.17, 15) is 13.2 Å². The third kappa shape index (κ3) is 6.63. The Morgan fingerprint density at radius 2 is 2.09 bits per heavy atom. The molecule has 3 aromatic rings. The number of alkyl halides is 1. The minimum atomic E-state index is -1.12. The van der Waals surface area contributed by atoms with Crippen molar-refractivity contribution >= 4 is 5.69 Å². The lowest BCUT2D eigenvalue weighted by Crippen LogP contribution is -2.18. The molecular weight excluding hydrogens is 445 g/mol. The predicted octanol–water partition coefficient (Wildman–Crippen LogP) is 5.23. The number of hydrogen-bond donors (Lipinski definition) is 1. The lowest BCUT2D eigenvalue weighted by Gasteiger charge is -2.16. The van der Waals surface area contributed by atoms with Gasteiger partial charge < -0.3 is 19.6 Å². The Hall–Kier alpha value is -3.75. The van der Waals surface area contributed by atoms with Crippen molar-refractivity contribution in [3.8, 4) is 17.0 Å². The number of rotatable bonds is 9. The van der Waals surface area contributed by atoms with Crippen LogP contribution in [0.3, 0.4) is 0 Å². The number of nitrogens with zero attached hydrogens (tertiary/aromatic N) is 3. The van der Waals surface area contributed by atoms with Gasteiger partial charge in [-0.25, -0.2) is 13.2 Å². The Balaban J connectivity index is 1.70. The summed E-state index contributed by atoms with van der Waals surface area (Å²) in [4.78, 5) is 4.55. The first-order chi connectivity index (χ1) is 16.2. The molecule has 0 atom stereocenters. The molecule has 0 bridgehead atoms. The minimum Gasteiger partial charge on any atom is -0.497 e. The van der Waals surface area contributed by atoms with Crippen LogP contribution in [0.1, 0.15) is 19.6 Å². The van der Waals surface area contributed by atoms with Crippen molar-refractivity contribution in [1.29, 1.82) is 0 Å². The fourth-order valence-corrected chi connectivity index (χ4v) is 3.12. The average Bonchev–Trinajstić information content (AvgIpc) is 3.26. The number of pyridine rings is 1. The molecule has 0 amide bonds. The van der Waals surface area contributed by atoms with Gasteiger partial charge in [0.05, 0.1) is 24.7 Å². The van der Waals surface area contributed by atoms with Crippen LogP contribution in [0.15, 0.2) is 76.3 Å². The van der Waals surface area contributed by atoms with E-state index in [1.165, 1.54) is 19.3 Å². The van der Waals surface area contributed by atoms with Gasteiger partial charge in [-0.2, -0.15) is 0 Å². The fraction of sp³-hybridized carbons (Fsp3) is 0.280. The molecule has 9 heteroatoms. The Kier molecular flexibility index (Phi) is 7.99. The van der Waals surface area contributed by atoms with Crippen molar-refractivity contribution in [3.05, 3.63) is 83.7 Å². The summed E-state index contributed by atoms with van der Waals surface area (Å²) in [6.45, 7) is 3.49. The Morgan fingerprint density at radius 3 is 2.76 bits per heavy atom. The van der Waals surface area contributed by atoms with E-state index in [1.54, 1.807) is 47.3 Å². The summed E-state index contributed by atoms with van der Waals surface area (Å²) in [5.41, 5.74) is 6.95. The Bertz CT molecular complexity index is 1260. The van der Waals surface area contributed by atoms with E-state index < -0.39 is 18.3 Å². The van der Waals surface area contributed by atoms with Crippen LogP contribution >= 0.6 is 0 Å². The second-order valence-electron chi connectivity index (χ2n) is 8.39. The first kappa shape index (κ1) is 24.9. The van der Waals surface area contributed by atoms with Gasteiger partial charge in [-0.05, 0) is 24.3 Å². The summed E-state index contributed by atoms with van der Waals surface area (Å²) in [6, 6.07) is 7.97. The van der Waals surface area contributed by atoms with Crippen LogP contribution in [0, 0.1) is 11.2 Å². The second kappa shape index (κ2) is 10.9. The molecule has 0 aliphatic heterocycles. The van der Waals surface area contributed by atoms with Crippen molar-refractivity contribution in [1.82, 2.24) is 9.72 Å². The molecule has 3 rings (SSSR count). The Morgan fingerprint density at radius 1 is 1.29 bits per heavy atom. The largest absolute Gasteiger partial charge is 0.497 e. The van der Waals surface area contributed by atoms with Gasteiger partial charge >= 0.3 is 0 Å². The molecule has 2 heterocycles. The van der Waals surface area contributed by atoms with Gasteiger partial charge in [-0.3, -0.25) is 4.99 Å². The number of methoxy groups -OCH3 is 1. The number of halogens is 3. The van der Waals surface area contributed by atoms with Crippen LogP contribution in [-0.2, 0) is 6.54 Å². The van der Waals surface area contributed by atoms with Crippen molar-refractivity contribution in [2.75, 3.05) is 26.1 Å². The lowest BCUT2D eigenvalue weighted by molar-refractivity contribution is 0.377. The monoisotopic (exact) mass is 472 g/mol. The number of hydrogen-bond acceptors (Lipinski definition) is 5. The maximum atomic E-state index is 14.3. The van der Waals surface area contributed by atoms with Gasteiger partial charge in [0.15, 0.2) is 5.76 Å². The number of nitrogens with two attached hydrogens (primary N) is 1. The van der Waals surface area contributed by atoms with Crippen molar-refractivity contribution in [2.24, 2.45) is 10.4 Å². The van der Waals surface area contributed by atoms with Crippen molar-refractivity contribution in [2.45, 2.75) is 20.4 Å². The Labute approximate surface area is 195 Å². The zero-order valence-electron chi connectivity index (χ0n) is 19.3. The summed E-state index contributed by atoms with van der Waals surface area (Å²) >= 11 is 0. The predicted molar refractivity (Wildman–Crippen MR) is 125 cm³/mol. The highest BCUT2D eigenvalue weighted by Gasteiger charge is 2.14. The average molecular weight is 473 g/mol. The minimum absolute atomic E-state index is 0.314. The molecule has 1 aromatic carbocycles. The number of ether oxygens (including phenoxy) is 1. The molecule has 0 spiro atoms. The molecule has 6 nitrogen and oxygen atoms in total. The molecule has 0 saturated carbocycles.